The summed E-state index contributed by atoms with van der Waals surface area (Å²) in [5.74, 6) is 0.729. The lowest BCUT2D eigenvalue weighted by molar-refractivity contribution is -0.120. The SMILES string of the molecule is CNC(=O)CCCOc1cc(N)ccc1Br. The predicted molar refractivity (Wildman–Crippen MR) is 67.4 cm³/mol. The van der Waals surface area contributed by atoms with Crippen LogP contribution in [-0.4, -0.2) is 19.6 Å². The van der Waals surface area contributed by atoms with Crippen molar-refractivity contribution in [1.82, 2.24) is 5.32 Å². The monoisotopic (exact) mass is 286 g/mol. The van der Waals surface area contributed by atoms with Crippen molar-refractivity contribution in [2.45, 2.75) is 12.8 Å². The summed E-state index contributed by atoms with van der Waals surface area (Å²) in [7, 11) is 1.62. The van der Waals surface area contributed by atoms with E-state index in [4.69, 9.17) is 10.5 Å². The number of nitrogen functional groups attached to an aromatic ring is 1. The highest BCUT2D eigenvalue weighted by molar-refractivity contribution is 9.10. The molecule has 0 saturated carbocycles. The Morgan fingerprint density at radius 2 is 2.31 bits per heavy atom. The van der Waals surface area contributed by atoms with Crippen molar-refractivity contribution in [3.05, 3.63) is 22.7 Å². The molecule has 1 rings (SSSR count). The topological polar surface area (TPSA) is 64.3 Å². The summed E-state index contributed by atoms with van der Waals surface area (Å²) in [6.07, 6.45) is 1.15. The normalized spacial score (nSPS) is 9.88. The summed E-state index contributed by atoms with van der Waals surface area (Å²) in [5.41, 5.74) is 6.29. The van der Waals surface area contributed by atoms with E-state index in [-0.39, 0.29) is 5.91 Å². The number of halogens is 1. The van der Waals surface area contributed by atoms with Gasteiger partial charge >= 0.3 is 0 Å². The van der Waals surface area contributed by atoms with Crippen LogP contribution in [0.3, 0.4) is 0 Å². The molecule has 4 nitrogen and oxygen atoms in total. The van der Waals surface area contributed by atoms with Crippen LogP contribution < -0.4 is 15.8 Å². The molecule has 1 aromatic carbocycles. The molecule has 3 N–H and O–H groups in total. The molecule has 16 heavy (non-hydrogen) atoms. The van der Waals surface area contributed by atoms with Gasteiger partial charge in [0, 0.05) is 25.2 Å². The van der Waals surface area contributed by atoms with Gasteiger partial charge in [-0.25, -0.2) is 0 Å². The molecule has 0 saturated heterocycles. The van der Waals surface area contributed by atoms with Crippen molar-refractivity contribution in [3.8, 4) is 5.75 Å². The third-order valence-electron chi connectivity index (χ3n) is 2.04. The maximum Gasteiger partial charge on any atom is 0.219 e. The Morgan fingerprint density at radius 3 is 3.00 bits per heavy atom. The van der Waals surface area contributed by atoms with Gasteiger partial charge in [0.2, 0.25) is 5.91 Å². The Hall–Kier alpha value is -1.23. The van der Waals surface area contributed by atoms with Crippen LogP contribution >= 0.6 is 15.9 Å². The zero-order valence-corrected chi connectivity index (χ0v) is 10.7. The van der Waals surface area contributed by atoms with E-state index in [0.29, 0.717) is 30.9 Å². The molecule has 5 heteroatoms. The highest BCUT2D eigenvalue weighted by Gasteiger charge is 2.02. The van der Waals surface area contributed by atoms with Gasteiger partial charge in [0.25, 0.3) is 0 Å². The van der Waals surface area contributed by atoms with E-state index in [1.807, 2.05) is 6.07 Å². The lowest BCUT2D eigenvalue weighted by atomic mass is 10.3. The molecule has 0 bridgehead atoms. The number of nitrogens with two attached hydrogens (primary N) is 1. The molecule has 0 unspecified atom stereocenters. The average molecular weight is 287 g/mol. The van der Waals surface area contributed by atoms with Gasteiger partial charge in [-0.15, -0.1) is 0 Å². The number of carbonyl (C=O) groups excluding carboxylic acids is 1. The second kappa shape index (κ2) is 6.37. The van der Waals surface area contributed by atoms with Crippen LogP contribution in [-0.2, 0) is 4.79 Å². The first-order valence-electron chi connectivity index (χ1n) is 5.02. The van der Waals surface area contributed by atoms with Crippen molar-refractivity contribution in [3.63, 3.8) is 0 Å². The lowest BCUT2D eigenvalue weighted by Gasteiger charge is -2.08. The van der Waals surface area contributed by atoms with E-state index in [2.05, 4.69) is 21.2 Å². The van der Waals surface area contributed by atoms with E-state index < -0.39 is 0 Å². The fourth-order valence-electron chi connectivity index (χ4n) is 1.17. The predicted octanol–water partition coefficient (Wildman–Crippen LogP) is 1.94. The highest BCUT2D eigenvalue weighted by Crippen LogP contribution is 2.27. The minimum atomic E-state index is 0.0234. The molecule has 88 valence electrons. The fourth-order valence-corrected chi connectivity index (χ4v) is 1.53. The largest absolute Gasteiger partial charge is 0.492 e. The van der Waals surface area contributed by atoms with Crippen LogP contribution in [0.5, 0.6) is 5.75 Å². The number of benzene rings is 1. The Labute approximate surface area is 103 Å². The van der Waals surface area contributed by atoms with E-state index >= 15 is 0 Å². The second-order valence-corrected chi connectivity index (χ2v) is 4.17. The molecular weight excluding hydrogens is 272 g/mol. The van der Waals surface area contributed by atoms with Gasteiger partial charge in [0.05, 0.1) is 11.1 Å². The molecule has 0 fully saturated rings. The van der Waals surface area contributed by atoms with Crippen molar-refractivity contribution >= 4 is 27.5 Å². The first-order valence-corrected chi connectivity index (χ1v) is 5.81. The average Bonchev–Trinajstić information content (AvgIpc) is 2.28. The molecule has 0 heterocycles. The molecular formula is C11H15BrN2O2. The standard InChI is InChI=1S/C11H15BrN2O2/c1-14-11(15)3-2-6-16-10-7-8(13)4-5-9(10)12/h4-5,7H,2-3,6,13H2,1H3,(H,14,15). The number of hydrogen-bond donors (Lipinski definition) is 2. The molecule has 0 atom stereocenters. The molecule has 0 radical (unpaired) electrons. The van der Waals surface area contributed by atoms with Crippen LogP contribution in [0.2, 0.25) is 0 Å². The van der Waals surface area contributed by atoms with E-state index in [0.717, 1.165) is 4.47 Å². The molecule has 0 aliphatic carbocycles. The number of ether oxygens (including phenoxy) is 1. The van der Waals surface area contributed by atoms with Gasteiger partial charge in [-0.05, 0) is 34.5 Å². The summed E-state index contributed by atoms with van der Waals surface area (Å²) < 4.78 is 6.37. The molecule has 1 amide bonds. The number of carbonyl (C=O) groups is 1. The summed E-state index contributed by atoms with van der Waals surface area (Å²) in [6, 6.07) is 5.38. The Kier molecular flexibility index (Phi) is 5.11. The first-order chi connectivity index (χ1) is 7.63. The van der Waals surface area contributed by atoms with Gasteiger partial charge in [-0.1, -0.05) is 0 Å². The van der Waals surface area contributed by atoms with Gasteiger partial charge in [-0.2, -0.15) is 0 Å². The van der Waals surface area contributed by atoms with E-state index in [9.17, 15) is 4.79 Å². The molecule has 0 spiro atoms. The first kappa shape index (κ1) is 12.8. The number of anilines is 1. The van der Waals surface area contributed by atoms with Crippen LogP contribution in [0.25, 0.3) is 0 Å². The number of hydrogen-bond acceptors (Lipinski definition) is 3. The number of rotatable bonds is 5. The van der Waals surface area contributed by atoms with E-state index in [1.165, 1.54) is 0 Å². The van der Waals surface area contributed by atoms with Crippen LogP contribution in [0.1, 0.15) is 12.8 Å². The van der Waals surface area contributed by atoms with Gasteiger partial charge in [0.15, 0.2) is 0 Å². The van der Waals surface area contributed by atoms with Crippen LogP contribution in [0.4, 0.5) is 5.69 Å². The minimum Gasteiger partial charge on any atom is -0.492 e. The van der Waals surface area contributed by atoms with Crippen LogP contribution in [0.15, 0.2) is 22.7 Å². The number of amides is 1. The van der Waals surface area contributed by atoms with Gasteiger partial charge in [0.1, 0.15) is 5.75 Å². The molecule has 0 aromatic heterocycles. The lowest BCUT2D eigenvalue weighted by Crippen LogP contribution is -2.18. The van der Waals surface area contributed by atoms with Crippen molar-refractivity contribution in [2.75, 3.05) is 19.4 Å². The summed E-state index contributed by atoms with van der Waals surface area (Å²) in [4.78, 5) is 10.9. The Morgan fingerprint density at radius 1 is 1.56 bits per heavy atom. The Balaban J connectivity index is 2.37. The van der Waals surface area contributed by atoms with E-state index in [1.54, 1.807) is 19.2 Å². The van der Waals surface area contributed by atoms with Crippen molar-refractivity contribution in [1.29, 1.82) is 0 Å². The number of nitrogens with one attached hydrogen (secondary N) is 1. The third kappa shape index (κ3) is 4.10. The third-order valence-corrected chi connectivity index (χ3v) is 2.69. The maximum absolute atomic E-state index is 10.9. The smallest absolute Gasteiger partial charge is 0.219 e. The van der Waals surface area contributed by atoms with Gasteiger partial charge < -0.3 is 15.8 Å². The zero-order valence-electron chi connectivity index (χ0n) is 9.13. The quantitative estimate of drug-likeness (QED) is 0.642. The highest BCUT2D eigenvalue weighted by atomic mass is 79.9. The summed E-state index contributed by atoms with van der Waals surface area (Å²) >= 11 is 3.37. The maximum atomic E-state index is 10.9. The molecule has 0 aliphatic rings. The van der Waals surface area contributed by atoms with Crippen LogP contribution in [0, 0.1) is 0 Å². The molecule has 1 aromatic rings. The summed E-state index contributed by atoms with van der Waals surface area (Å²) in [6.45, 7) is 0.496. The fraction of sp³-hybridized carbons (Fsp3) is 0.364. The second-order valence-electron chi connectivity index (χ2n) is 3.32. The van der Waals surface area contributed by atoms with Gasteiger partial charge in [-0.3, -0.25) is 4.79 Å². The summed E-state index contributed by atoms with van der Waals surface area (Å²) in [5, 5.41) is 2.56. The minimum absolute atomic E-state index is 0.0234. The molecule has 0 aliphatic heterocycles. The van der Waals surface area contributed by atoms with Crippen molar-refractivity contribution in [2.24, 2.45) is 0 Å². The zero-order chi connectivity index (χ0) is 12.0. The Bertz CT molecular complexity index is 369. The van der Waals surface area contributed by atoms with Crippen molar-refractivity contribution < 1.29 is 9.53 Å².